The Morgan fingerprint density at radius 2 is 1.49 bits per heavy atom. The molecule has 3 saturated heterocycles. The van der Waals surface area contributed by atoms with Crippen molar-refractivity contribution < 1.29 is 37.8 Å². The van der Waals surface area contributed by atoms with Gasteiger partial charge in [-0.05, 0) is 92.5 Å². The van der Waals surface area contributed by atoms with Crippen LogP contribution in [0.4, 0.5) is 14.0 Å². The van der Waals surface area contributed by atoms with Gasteiger partial charge in [0.25, 0.3) is 11.5 Å². The number of rotatable bonds is 10. The number of hydrogen-bond donors (Lipinski definition) is 2. The van der Waals surface area contributed by atoms with E-state index < -0.39 is 40.7 Å². The molecule has 15 heteroatoms. The normalized spacial score (nSPS) is 20.2. The van der Waals surface area contributed by atoms with Crippen LogP contribution in [0.15, 0.2) is 95.8 Å². The van der Waals surface area contributed by atoms with E-state index in [1.807, 2.05) is 63.2 Å². The number of aromatic amines is 1. The highest BCUT2D eigenvalue weighted by Crippen LogP contribution is 2.46. The van der Waals surface area contributed by atoms with Crippen LogP contribution in [0.5, 0.6) is 0 Å². The summed E-state index contributed by atoms with van der Waals surface area (Å²) in [7, 11) is 0. The molecule has 65 heavy (non-hydrogen) atoms. The predicted octanol–water partition coefficient (Wildman–Crippen LogP) is 6.80. The highest BCUT2D eigenvalue weighted by molar-refractivity contribution is 5.95. The summed E-state index contributed by atoms with van der Waals surface area (Å²) in [5, 5.41) is 11.0. The van der Waals surface area contributed by atoms with Crippen molar-refractivity contribution in [3.8, 4) is 11.1 Å². The number of amides is 4. The van der Waals surface area contributed by atoms with Gasteiger partial charge in [-0.1, -0.05) is 72.8 Å². The number of alkyl carbamates (subject to hydrolysis) is 1. The quantitative estimate of drug-likeness (QED) is 0.154. The van der Waals surface area contributed by atoms with Crippen LogP contribution in [0, 0.1) is 5.82 Å². The van der Waals surface area contributed by atoms with Crippen molar-refractivity contribution in [3.05, 3.63) is 135 Å². The molecule has 5 aromatic rings. The molecule has 4 amide bonds. The molecule has 0 atom stereocenters. The van der Waals surface area contributed by atoms with Crippen molar-refractivity contribution in [1.82, 2.24) is 30.2 Å². The van der Waals surface area contributed by atoms with Gasteiger partial charge in [-0.2, -0.15) is 5.10 Å². The molecule has 3 aliphatic heterocycles. The fourth-order valence-corrected chi connectivity index (χ4v) is 9.81. The summed E-state index contributed by atoms with van der Waals surface area (Å²) in [6.45, 7) is 6.25. The summed E-state index contributed by atoms with van der Waals surface area (Å²) >= 11 is 0. The molecule has 2 aliphatic carbocycles. The van der Waals surface area contributed by atoms with E-state index in [2.05, 4.69) is 27.6 Å². The number of fused-ring (bicyclic) bond motifs is 7. The number of benzene rings is 4. The Bertz CT molecular complexity index is 2650. The number of H-pyrrole nitrogens is 1. The van der Waals surface area contributed by atoms with Crippen LogP contribution in [-0.4, -0.2) is 118 Å². The van der Waals surface area contributed by atoms with E-state index in [1.165, 1.54) is 21.9 Å². The van der Waals surface area contributed by atoms with Crippen LogP contribution in [-0.2, 0) is 25.4 Å². The molecule has 4 heterocycles. The van der Waals surface area contributed by atoms with E-state index in [0.717, 1.165) is 22.3 Å². The van der Waals surface area contributed by atoms with Gasteiger partial charge in [0.1, 0.15) is 24.6 Å². The first-order valence-corrected chi connectivity index (χ1v) is 22.3. The molecule has 5 aliphatic rings. The monoisotopic (exact) mass is 884 g/mol. The summed E-state index contributed by atoms with van der Waals surface area (Å²) in [6, 6.07) is 27.6. The first-order valence-electron chi connectivity index (χ1n) is 22.3. The predicted molar refractivity (Wildman–Crippen MR) is 240 cm³/mol. The lowest BCUT2D eigenvalue weighted by Crippen LogP contribution is -2.66. The van der Waals surface area contributed by atoms with E-state index in [4.69, 9.17) is 14.2 Å². The molecular weight excluding hydrogens is 832 g/mol. The van der Waals surface area contributed by atoms with Gasteiger partial charge in [0.15, 0.2) is 0 Å². The highest BCUT2D eigenvalue weighted by Gasteiger charge is 2.52. The van der Waals surface area contributed by atoms with Gasteiger partial charge in [-0.3, -0.25) is 19.3 Å². The minimum Gasteiger partial charge on any atom is -0.448 e. The Hall–Kier alpha value is -6.61. The summed E-state index contributed by atoms with van der Waals surface area (Å²) < 4.78 is 33.4. The summed E-state index contributed by atoms with van der Waals surface area (Å²) in [5.41, 5.74) is 3.16. The fourth-order valence-electron chi connectivity index (χ4n) is 9.81. The Kier molecular flexibility index (Phi) is 11.7. The molecule has 338 valence electrons. The minimum absolute atomic E-state index is 0.0742. The molecule has 2 N–H and O–H groups in total. The highest BCUT2D eigenvalue weighted by atomic mass is 19.1. The van der Waals surface area contributed by atoms with Gasteiger partial charge in [-0.15, -0.1) is 0 Å². The Balaban J connectivity index is 0.870. The third-order valence-electron chi connectivity index (χ3n) is 13.3. The average molecular weight is 885 g/mol. The van der Waals surface area contributed by atoms with Gasteiger partial charge in [-0.25, -0.2) is 19.1 Å². The largest absolute Gasteiger partial charge is 0.448 e. The van der Waals surface area contributed by atoms with Crippen LogP contribution < -0.4 is 10.9 Å². The molecular formula is C50H53FN6O8. The zero-order chi connectivity index (χ0) is 45.5. The van der Waals surface area contributed by atoms with Gasteiger partial charge < -0.3 is 29.3 Å². The third kappa shape index (κ3) is 9.06. The summed E-state index contributed by atoms with van der Waals surface area (Å²) in [6.07, 6.45) is 1.42. The average Bonchev–Trinajstić information content (AvgIpc) is 3.62. The Morgan fingerprint density at radius 3 is 2.14 bits per heavy atom. The number of nitrogens with zero attached hydrogens (tertiary/aromatic N) is 4. The maximum atomic E-state index is 15.3. The lowest BCUT2D eigenvalue weighted by Gasteiger charge is -2.54. The number of ether oxygens (including phenoxy) is 3. The van der Waals surface area contributed by atoms with Crippen LogP contribution >= 0.6 is 0 Å². The maximum Gasteiger partial charge on any atom is 0.410 e. The first kappa shape index (κ1) is 43.6. The number of halogens is 1. The van der Waals surface area contributed by atoms with E-state index in [1.54, 1.807) is 29.2 Å². The lowest BCUT2D eigenvalue weighted by molar-refractivity contribution is -0.169. The molecule has 1 saturated carbocycles. The number of aromatic nitrogens is 2. The van der Waals surface area contributed by atoms with E-state index in [-0.39, 0.29) is 81.9 Å². The maximum absolute atomic E-state index is 15.3. The van der Waals surface area contributed by atoms with Crippen LogP contribution in [0.25, 0.3) is 21.9 Å². The topological polar surface area (TPSA) is 163 Å². The van der Waals surface area contributed by atoms with E-state index >= 15 is 4.39 Å². The molecule has 10 rings (SSSR count). The molecule has 14 nitrogen and oxygen atoms in total. The Labute approximate surface area is 376 Å². The fraction of sp³-hybridized carbons (Fsp3) is 0.400. The second-order valence-corrected chi connectivity index (χ2v) is 18.7. The summed E-state index contributed by atoms with van der Waals surface area (Å²) in [4.78, 5) is 71.9. The summed E-state index contributed by atoms with van der Waals surface area (Å²) in [5.74, 6) is -1.67. The molecule has 0 radical (unpaired) electrons. The van der Waals surface area contributed by atoms with Gasteiger partial charge in [0, 0.05) is 43.9 Å². The molecule has 0 spiro atoms. The van der Waals surface area contributed by atoms with Crippen molar-refractivity contribution in [1.29, 1.82) is 0 Å². The standard InChI is InChI=1S/C50H53FN6O8/c1-48(2,3)65-46(61)52-49-18-20-50(21-19-49,64-31-49)30-57(47(62)63-29-40-35-12-6-4-10-33(35)34-11-5-7-13-36(34)40)28-43(58)55-22-24-56(25-23-55)45(60)39-26-32(16-17-41(39)51)27-42-37-14-8-9-15-38(37)44(59)54-53-42/h4-17,26,40H,18-25,27-31H2,1-3H3,(H,52,61)(H,54,59). The minimum atomic E-state index is -0.756. The second kappa shape index (κ2) is 17.4. The van der Waals surface area contributed by atoms with Crippen LogP contribution in [0.3, 0.4) is 0 Å². The first-order chi connectivity index (χ1) is 31.2. The second-order valence-electron chi connectivity index (χ2n) is 18.7. The van der Waals surface area contributed by atoms with Gasteiger partial charge >= 0.3 is 12.2 Å². The lowest BCUT2D eigenvalue weighted by atomic mass is 9.71. The van der Waals surface area contributed by atoms with Crippen LogP contribution in [0.2, 0.25) is 0 Å². The molecule has 0 unspecified atom stereocenters. The molecule has 4 fully saturated rings. The zero-order valence-electron chi connectivity index (χ0n) is 36.9. The number of nitrogens with one attached hydrogen (secondary N) is 2. The van der Waals surface area contributed by atoms with Crippen molar-refractivity contribution in [2.24, 2.45) is 0 Å². The number of piperazine rings is 1. The van der Waals surface area contributed by atoms with Crippen molar-refractivity contribution >= 4 is 34.8 Å². The van der Waals surface area contributed by atoms with Crippen LogP contribution in [0.1, 0.15) is 85.1 Å². The number of carbonyl (C=O) groups excluding carboxylic acids is 4. The van der Waals surface area contributed by atoms with E-state index in [9.17, 15) is 24.0 Å². The SMILES string of the molecule is CC(C)(C)OC(=O)NC12CCC(CN(CC(=O)N3CCN(C(=O)c4cc(Cc5n[nH]c(=O)c6ccccc56)ccc4F)CC3)C(=O)OCC3c4ccccc4-c4ccccc43)(CC1)OC2. The number of carbonyl (C=O) groups is 4. The number of hydrogen-bond acceptors (Lipinski definition) is 9. The zero-order valence-corrected chi connectivity index (χ0v) is 36.9. The van der Waals surface area contributed by atoms with Gasteiger partial charge in [0.2, 0.25) is 5.91 Å². The van der Waals surface area contributed by atoms with Gasteiger partial charge in [0.05, 0.1) is 40.9 Å². The Morgan fingerprint density at radius 1 is 0.862 bits per heavy atom. The molecule has 1 aromatic heterocycles. The van der Waals surface area contributed by atoms with Crippen molar-refractivity contribution in [2.75, 3.05) is 52.5 Å². The third-order valence-corrected chi connectivity index (χ3v) is 13.3. The molecule has 4 aromatic carbocycles. The van der Waals surface area contributed by atoms with E-state index in [0.29, 0.717) is 47.7 Å². The van der Waals surface area contributed by atoms with Crippen molar-refractivity contribution in [3.63, 3.8) is 0 Å². The van der Waals surface area contributed by atoms with Crippen molar-refractivity contribution in [2.45, 2.75) is 75.5 Å². The molecule has 2 bridgehead atoms. The smallest absolute Gasteiger partial charge is 0.410 e.